The lowest BCUT2D eigenvalue weighted by Gasteiger charge is -2.30. The first kappa shape index (κ1) is 20.3. The highest BCUT2D eigenvalue weighted by Crippen LogP contribution is 2.31. The number of carbonyl (C=O) groups excluding carboxylic acids is 1. The summed E-state index contributed by atoms with van der Waals surface area (Å²) in [5.74, 6) is -0.116. The second kappa shape index (κ2) is 8.44. The number of benzene rings is 2. The van der Waals surface area contributed by atoms with Gasteiger partial charge in [0.25, 0.3) is 5.91 Å². The fourth-order valence-electron chi connectivity index (χ4n) is 3.79. The Morgan fingerprint density at radius 2 is 1.97 bits per heavy atom. The molecule has 1 atom stereocenters. The number of anilines is 1. The number of nitrogens with one attached hydrogen (secondary N) is 1. The highest BCUT2D eigenvalue weighted by molar-refractivity contribution is 7.89. The molecular weight excluding hydrogens is 412 g/mol. The SMILES string of the molecule is O=C(c1ccc(Cl)cc1)N1CCCc2cc(S(=O)(=O)NCC3CCCO3)ccc21. The molecule has 154 valence electrons. The number of hydrogen-bond donors (Lipinski definition) is 1. The fourth-order valence-corrected chi connectivity index (χ4v) is 5.03. The first-order chi connectivity index (χ1) is 13.9. The number of nitrogens with zero attached hydrogens (tertiary/aromatic N) is 1. The monoisotopic (exact) mass is 434 g/mol. The molecule has 2 aliphatic heterocycles. The third-order valence-corrected chi connectivity index (χ3v) is 7.01. The predicted molar refractivity (Wildman–Crippen MR) is 112 cm³/mol. The molecule has 4 rings (SSSR count). The molecule has 2 heterocycles. The van der Waals surface area contributed by atoms with Gasteiger partial charge in [-0.15, -0.1) is 0 Å². The van der Waals surface area contributed by atoms with Crippen molar-refractivity contribution < 1.29 is 17.9 Å². The molecule has 29 heavy (non-hydrogen) atoms. The van der Waals surface area contributed by atoms with E-state index < -0.39 is 10.0 Å². The molecule has 0 aliphatic carbocycles. The summed E-state index contributed by atoms with van der Waals surface area (Å²) in [7, 11) is -3.62. The van der Waals surface area contributed by atoms with Gasteiger partial charge >= 0.3 is 0 Å². The number of amides is 1. The first-order valence-electron chi connectivity index (χ1n) is 9.76. The van der Waals surface area contributed by atoms with Crippen LogP contribution in [0.15, 0.2) is 47.4 Å². The zero-order chi connectivity index (χ0) is 20.4. The average Bonchev–Trinajstić information content (AvgIpc) is 3.25. The third-order valence-electron chi connectivity index (χ3n) is 5.34. The van der Waals surface area contributed by atoms with E-state index in [1.165, 1.54) is 0 Å². The molecule has 1 saturated heterocycles. The average molecular weight is 435 g/mol. The van der Waals surface area contributed by atoms with E-state index in [0.29, 0.717) is 23.7 Å². The number of aryl methyl sites for hydroxylation is 1. The molecule has 1 fully saturated rings. The lowest BCUT2D eigenvalue weighted by molar-refractivity contribution is 0.0985. The topological polar surface area (TPSA) is 75.7 Å². The zero-order valence-electron chi connectivity index (χ0n) is 15.9. The molecule has 2 aromatic rings. The molecule has 0 aromatic heterocycles. The van der Waals surface area contributed by atoms with E-state index in [1.807, 2.05) is 0 Å². The maximum absolute atomic E-state index is 12.9. The number of carbonyl (C=O) groups is 1. The minimum Gasteiger partial charge on any atom is -0.377 e. The van der Waals surface area contributed by atoms with Gasteiger partial charge in [-0.1, -0.05) is 11.6 Å². The fraction of sp³-hybridized carbons (Fsp3) is 0.381. The molecule has 2 aliphatic rings. The molecule has 0 bridgehead atoms. The van der Waals surface area contributed by atoms with Crippen LogP contribution in [0.2, 0.25) is 5.02 Å². The van der Waals surface area contributed by atoms with E-state index >= 15 is 0 Å². The summed E-state index contributed by atoms with van der Waals surface area (Å²) in [4.78, 5) is 14.9. The minimum absolute atomic E-state index is 0.0603. The molecule has 0 spiro atoms. The third kappa shape index (κ3) is 4.48. The molecule has 2 aromatic carbocycles. The van der Waals surface area contributed by atoms with Crippen LogP contribution in [-0.2, 0) is 21.2 Å². The van der Waals surface area contributed by atoms with Crippen molar-refractivity contribution in [3.05, 3.63) is 58.6 Å². The van der Waals surface area contributed by atoms with Crippen molar-refractivity contribution in [3.63, 3.8) is 0 Å². The summed E-state index contributed by atoms with van der Waals surface area (Å²) in [5, 5.41) is 0.575. The van der Waals surface area contributed by atoms with Gasteiger partial charge in [0.2, 0.25) is 10.0 Å². The van der Waals surface area contributed by atoms with Gasteiger partial charge in [0.15, 0.2) is 0 Å². The summed E-state index contributed by atoms with van der Waals surface area (Å²) < 4.78 is 33.5. The molecule has 8 heteroatoms. The maximum atomic E-state index is 12.9. The van der Waals surface area contributed by atoms with Crippen LogP contribution in [0.25, 0.3) is 0 Å². The number of rotatable bonds is 5. The van der Waals surface area contributed by atoms with Crippen LogP contribution in [0.5, 0.6) is 0 Å². The number of ether oxygens (including phenoxy) is 1. The molecule has 1 N–H and O–H groups in total. The summed E-state index contributed by atoms with van der Waals surface area (Å²) in [6.07, 6.45) is 3.28. The van der Waals surface area contributed by atoms with Gasteiger partial charge in [-0.3, -0.25) is 4.79 Å². The Morgan fingerprint density at radius 1 is 1.17 bits per heavy atom. The maximum Gasteiger partial charge on any atom is 0.258 e. The van der Waals surface area contributed by atoms with Crippen LogP contribution in [-0.4, -0.2) is 40.1 Å². The van der Waals surface area contributed by atoms with Crippen molar-refractivity contribution in [2.45, 2.75) is 36.7 Å². The van der Waals surface area contributed by atoms with E-state index in [1.54, 1.807) is 47.4 Å². The number of halogens is 1. The van der Waals surface area contributed by atoms with Crippen molar-refractivity contribution in [1.29, 1.82) is 0 Å². The second-order valence-electron chi connectivity index (χ2n) is 7.34. The minimum atomic E-state index is -3.62. The van der Waals surface area contributed by atoms with Crippen molar-refractivity contribution in [1.82, 2.24) is 4.72 Å². The Labute approximate surface area is 175 Å². The van der Waals surface area contributed by atoms with Gasteiger partial charge in [0.1, 0.15) is 0 Å². The van der Waals surface area contributed by atoms with Gasteiger partial charge in [0, 0.05) is 36.0 Å². The first-order valence-corrected chi connectivity index (χ1v) is 11.6. The van der Waals surface area contributed by atoms with Crippen molar-refractivity contribution in [2.75, 3.05) is 24.6 Å². The Kier molecular flexibility index (Phi) is 5.92. The summed E-state index contributed by atoms with van der Waals surface area (Å²) in [6, 6.07) is 11.7. The standard InChI is InChI=1S/C21H23ClN2O4S/c22-17-7-5-15(6-8-17)21(25)24-11-1-3-16-13-19(9-10-20(16)24)29(26,27)23-14-18-4-2-12-28-18/h5-10,13,18,23H,1-4,11-12,14H2. The summed E-state index contributed by atoms with van der Waals surface area (Å²) in [6.45, 7) is 1.56. The van der Waals surface area contributed by atoms with E-state index in [9.17, 15) is 13.2 Å². The Morgan fingerprint density at radius 3 is 2.69 bits per heavy atom. The lowest BCUT2D eigenvalue weighted by atomic mass is 10.0. The quantitative estimate of drug-likeness (QED) is 0.782. The van der Waals surface area contributed by atoms with E-state index in [-0.39, 0.29) is 23.5 Å². The van der Waals surface area contributed by atoms with Crippen molar-refractivity contribution in [2.24, 2.45) is 0 Å². The smallest absolute Gasteiger partial charge is 0.258 e. The second-order valence-corrected chi connectivity index (χ2v) is 9.55. The van der Waals surface area contributed by atoms with Gasteiger partial charge in [-0.2, -0.15) is 0 Å². The van der Waals surface area contributed by atoms with Gasteiger partial charge in [-0.25, -0.2) is 13.1 Å². The molecule has 6 nitrogen and oxygen atoms in total. The predicted octanol–water partition coefficient (Wildman–Crippen LogP) is 3.39. The van der Waals surface area contributed by atoms with Gasteiger partial charge in [-0.05, 0) is 73.7 Å². The van der Waals surface area contributed by atoms with Crippen LogP contribution >= 0.6 is 11.6 Å². The van der Waals surface area contributed by atoms with Crippen LogP contribution in [0.1, 0.15) is 35.2 Å². The number of fused-ring (bicyclic) bond motifs is 1. The summed E-state index contributed by atoms with van der Waals surface area (Å²) >= 11 is 5.91. The van der Waals surface area contributed by atoms with Crippen LogP contribution in [0.3, 0.4) is 0 Å². The Hall–Kier alpha value is -1.93. The van der Waals surface area contributed by atoms with E-state index in [0.717, 1.165) is 36.9 Å². The van der Waals surface area contributed by atoms with Crippen molar-refractivity contribution in [3.8, 4) is 0 Å². The van der Waals surface area contributed by atoms with Crippen molar-refractivity contribution >= 4 is 33.2 Å². The van der Waals surface area contributed by atoms with Crippen LogP contribution < -0.4 is 9.62 Å². The number of hydrogen-bond acceptors (Lipinski definition) is 4. The van der Waals surface area contributed by atoms with E-state index in [4.69, 9.17) is 16.3 Å². The van der Waals surface area contributed by atoms with Crippen LogP contribution in [0, 0.1) is 0 Å². The zero-order valence-corrected chi connectivity index (χ0v) is 17.5. The Bertz CT molecular complexity index is 1000. The van der Waals surface area contributed by atoms with Gasteiger partial charge < -0.3 is 9.64 Å². The normalized spacial score (nSPS) is 19.2. The Balaban J connectivity index is 1.54. The molecule has 0 radical (unpaired) electrons. The van der Waals surface area contributed by atoms with Crippen LogP contribution in [0.4, 0.5) is 5.69 Å². The molecule has 0 saturated carbocycles. The lowest BCUT2D eigenvalue weighted by Crippen LogP contribution is -2.36. The highest BCUT2D eigenvalue weighted by Gasteiger charge is 2.26. The number of sulfonamides is 1. The summed E-state index contributed by atoms with van der Waals surface area (Å²) in [5.41, 5.74) is 2.17. The van der Waals surface area contributed by atoms with Gasteiger partial charge in [0.05, 0.1) is 11.0 Å². The van der Waals surface area contributed by atoms with E-state index in [2.05, 4.69) is 4.72 Å². The molecular formula is C21H23ClN2O4S. The highest BCUT2D eigenvalue weighted by atomic mass is 35.5. The molecule has 1 unspecified atom stereocenters. The molecule has 1 amide bonds. The largest absolute Gasteiger partial charge is 0.377 e.